The van der Waals surface area contributed by atoms with Crippen molar-refractivity contribution in [2.75, 3.05) is 27.1 Å². The molecular weight excluding hydrogens is 574 g/mol. The fraction of sp³-hybridized carbons (Fsp3) is 0.611. The minimum Gasteiger partial charge on any atom is -0.461 e. The number of carbonyl (C=O) groups excluding carboxylic acids is 4. The molecule has 9 heteroatoms. The molecule has 0 radical (unpaired) electrons. The standard InChI is InChI=1S/C36H45NO8/c1-22(18-37-32(41)45-33(2,3)4)35-16-15-34(20-43-30(39)24-9-7-6-8-10-24)27(29(35)44-21-42-5)14-12-23-11-13-26-25(19-38)17-36(34,28(23)26)31(35)40/h6-10,19,22,27,29H,11-18,20-21H2,1-5H3,(H,37,41)/t22-,27-,29-,34-,35+,36+/m1/s1. The van der Waals surface area contributed by atoms with Gasteiger partial charge in [0.1, 0.15) is 18.7 Å². The number of carbonyl (C=O) groups is 4. The molecule has 0 unspecified atom stereocenters. The van der Waals surface area contributed by atoms with Crippen LogP contribution in [0.15, 0.2) is 52.6 Å². The van der Waals surface area contributed by atoms with E-state index in [1.807, 2.05) is 33.8 Å². The second-order valence-corrected chi connectivity index (χ2v) is 14.6. The van der Waals surface area contributed by atoms with E-state index in [4.69, 9.17) is 18.9 Å². The summed E-state index contributed by atoms with van der Waals surface area (Å²) in [4.78, 5) is 54.4. The molecule has 0 aromatic heterocycles. The molecule has 242 valence electrons. The zero-order chi connectivity index (χ0) is 32.2. The van der Waals surface area contributed by atoms with Crippen LogP contribution >= 0.6 is 0 Å². The summed E-state index contributed by atoms with van der Waals surface area (Å²) in [7, 11) is 1.56. The molecule has 3 saturated carbocycles. The highest BCUT2D eigenvalue weighted by Gasteiger charge is 2.79. The van der Waals surface area contributed by atoms with Gasteiger partial charge in [0.05, 0.1) is 29.1 Å². The first-order valence-electron chi connectivity index (χ1n) is 16.2. The summed E-state index contributed by atoms with van der Waals surface area (Å²) in [6.07, 6.45) is 4.47. The van der Waals surface area contributed by atoms with E-state index in [1.54, 1.807) is 31.4 Å². The highest BCUT2D eigenvalue weighted by Crippen LogP contribution is 2.77. The maximum atomic E-state index is 15.7. The van der Waals surface area contributed by atoms with Crippen molar-refractivity contribution in [2.24, 2.45) is 28.1 Å². The van der Waals surface area contributed by atoms with Gasteiger partial charge in [0, 0.05) is 19.1 Å². The number of methoxy groups -OCH3 is 1. The summed E-state index contributed by atoms with van der Waals surface area (Å²) in [6, 6.07) is 8.90. The number of fused-ring (bicyclic) bond motifs is 1. The second kappa shape index (κ2) is 11.5. The lowest BCUT2D eigenvalue weighted by Crippen LogP contribution is -2.75. The highest BCUT2D eigenvalue weighted by molar-refractivity contribution is 6.02. The molecule has 3 fully saturated rings. The van der Waals surface area contributed by atoms with E-state index in [2.05, 4.69) is 5.32 Å². The van der Waals surface area contributed by atoms with Gasteiger partial charge in [-0.15, -0.1) is 0 Å². The molecule has 0 aliphatic heterocycles. The van der Waals surface area contributed by atoms with E-state index in [9.17, 15) is 14.4 Å². The summed E-state index contributed by atoms with van der Waals surface area (Å²) in [6.45, 7) is 7.72. The maximum absolute atomic E-state index is 15.7. The van der Waals surface area contributed by atoms with Crippen molar-refractivity contribution in [1.29, 1.82) is 0 Å². The molecule has 6 atom stereocenters. The number of alkyl carbamates (subject to hydrolysis) is 1. The molecule has 1 aromatic rings. The van der Waals surface area contributed by atoms with Gasteiger partial charge in [-0.2, -0.15) is 0 Å². The first-order valence-corrected chi connectivity index (χ1v) is 16.2. The van der Waals surface area contributed by atoms with Gasteiger partial charge in [-0.1, -0.05) is 30.7 Å². The number of allylic oxidation sites excluding steroid dienone is 4. The Hall–Kier alpha value is -3.30. The zero-order valence-corrected chi connectivity index (χ0v) is 27.0. The van der Waals surface area contributed by atoms with Crippen LogP contribution in [0.4, 0.5) is 4.79 Å². The van der Waals surface area contributed by atoms with Crippen molar-refractivity contribution < 1.29 is 38.1 Å². The van der Waals surface area contributed by atoms with Crippen LogP contribution in [0.25, 0.3) is 0 Å². The van der Waals surface area contributed by atoms with Gasteiger partial charge in [-0.25, -0.2) is 9.59 Å². The van der Waals surface area contributed by atoms with E-state index in [0.29, 0.717) is 30.4 Å². The van der Waals surface area contributed by atoms with Crippen LogP contribution in [-0.4, -0.2) is 62.9 Å². The van der Waals surface area contributed by atoms with Crippen molar-refractivity contribution in [3.05, 3.63) is 58.2 Å². The van der Waals surface area contributed by atoms with Crippen LogP contribution in [0.3, 0.4) is 0 Å². The number of hydrogen-bond acceptors (Lipinski definition) is 8. The SMILES string of the molecule is COCO[C@@H]1[C@H]2CCC3=C4C(=C(C=O)C[C@@]45C(=O)[C@]1([C@H](C)CNC(=O)OC(C)(C)C)CC[C@@]25COC(=O)c1ccccc1)CC3. The average Bonchev–Trinajstić information content (AvgIpc) is 3.55. The molecule has 1 N–H and O–H groups in total. The molecule has 6 aliphatic rings. The number of esters is 1. The van der Waals surface area contributed by atoms with E-state index < -0.39 is 40.0 Å². The highest BCUT2D eigenvalue weighted by atomic mass is 16.7. The lowest BCUT2D eigenvalue weighted by Gasteiger charge is -2.69. The minimum atomic E-state index is -1.01. The van der Waals surface area contributed by atoms with Gasteiger partial charge < -0.3 is 24.3 Å². The smallest absolute Gasteiger partial charge is 0.407 e. The Balaban J connectivity index is 1.45. The fourth-order valence-corrected chi connectivity index (χ4v) is 9.69. The Labute approximate surface area is 265 Å². The third kappa shape index (κ3) is 4.72. The Morgan fingerprint density at radius 2 is 1.87 bits per heavy atom. The van der Waals surface area contributed by atoms with Gasteiger partial charge in [-0.05, 0) is 106 Å². The largest absolute Gasteiger partial charge is 0.461 e. The third-order valence-corrected chi connectivity index (χ3v) is 11.4. The fourth-order valence-electron chi connectivity index (χ4n) is 9.69. The Morgan fingerprint density at radius 3 is 2.56 bits per heavy atom. The summed E-state index contributed by atoms with van der Waals surface area (Å²) in [5.41, 5.74) is 1.06. The molecule has 9 nitrogen and oxygen atoms in total. The molecule has 4 bridgehead atoms. The van der Waals surface area contributed by atoms with Gasteiger partial charge in [-0.3, -0.25) is 9.59 Å². The molecule has 7 rings (SSSR count). The molecule has 0 saturated heterocycles. The van der Waals surface area contributed by atoms with E-state index >= 15 is 4.79 Å². The van der Waals surface area contributed by atoms with Crippen molar-refractivity contribution >= 4 is 24.1 Å². The molecule has 1 spiro atoms. The number of amides is 1. The number of ketones is 1. The van der Waals surface area contributed by atoms with E-state index in [1.165, 1.54) is 5.57 Å². The average molecular weight is 620 g/mol. The van der Waals surface area contributed by atoms with Crippen molar-refractivity contribution in [2.45, 2.75) is 84.3 Å². The van der Waals surface area contributed by atoms with E-state index in [0.717, 1.165) is 43.1 Å². The Morgan fingerprint density at radius 1 is 1.11 bits per heavy atom. The number of Topliss-reactive ketones (excluding diaryl/α,β-unsaturated/α-hetero) is 1. The Kier molecular flexibility index (Phi) is 8.09. The summed E-state index contributed by atoms with van der Waals surface area (Å²) < 4.78 is 23.7. The predicted octanol–water partition coefficient (Wildman–Crippen LogP) is 5.73. The second-order valence-electron chi connectivity index (χ2n) is 14.6. The maximum Gasteiger partial charge on any atom is 0.407 e. The van der Waals surface area contributed by atoms with Crippen LogP contribution in [-0.2, 0) is 28.5 Å². The lowest BCUT2D eigenvalue weighted by atomic mass is 9.34. The molecule has 0 heterocycles. The van der Waals surface area contributed by atoms with Crippen LogP contribution in [0.5, 0.6) is 0 Å². The van der Waals surface area contributed by atoms with Gasteiger partial charge >= 0.3 is 12.1 Å². The summed E-state index contributed by atoms with van der Waals surface area (Å²) in [5, 5.41) is 2.92. The number of aldehydes is 1. The monoisotopic (exact) mass is 619 g/mol. The molecule has 45 heavy (non-hydrogen) atoms. The van der Waals surface area contributed by atoms with Crippen LogP contribution in [0.1, 0.15) is 83.0 Å². The number of nitrogens with one attached hydrogen (secondary N) is 1. The van der Waals surface area contributed by atoms with Crippen LogP contribution < -0.4 is 5.32 Å². The number of benzene rings is 1. The van der Waals surface area contributed by atoms with E-state index in [-0.39, 0.29) is 37.6 Å². The van der Waals surface area contributed by atoms with Gasteiger partial charge in [0.2, 0.25) is 0 Å². The third-order valence-electron chi connectivity index (χ3n) is 11.4. The van der Waals surface area contributed by atoms with Crippen molar-refractivity contribution in [3.8, 4) is 0 Å². The van der Waals surface area contributed by atoms with Gasteiger partial charge in [0.15, 0.2) is 5.78 Å². The summed E-state index contributed by atoms with van der Waals surface area (Å²) >= 11 is 0. The number of ether oxygens (including phenoxy) is 4. The quantitative estimate of drug-likeness (QED) is 0.201. The van der Waals surface area contributed by atoms with Crippen molar-refractivity contribution in [1.82, 2.24) is 5.32 Å². The van der Waals surface area contributed by atoms with Gasteiger partial charge in [0.25, 0.3) is 0 Å². The lowest BCUT2D eigenvalue weighted by molar-refractivity contribution is -0.256. The topological polar surface area (TPSA) is 117 Å². The first-order chi connectivity index (χ1) is 21.4. The molecule has 1 amide bonds. The minimum absolute atomic E-state index is 0.00548. The Bertz CT molecular complexity index is 1460. The van der Waals surface area contributed by atoms with Crippen LogP contribution in [0.2, 0.25) is 0 Å². The normalized spacial score (nSPS) is 32.2. The zero-order valence-electron chi connectivity index (χ0n) is 27.0. The summed E-state index contributed by atoms with van der Waals surface area (Å²) in [5.74, 6) is -0.848. The molecular formula is C36H45NO8. The van der Waals surface area contributed by atoms with Crippen molar-refractivity contribution in [3.63, 3.8) is 0 Å². The number of hydrogen-bond donors (Lipinski definition) is 1. The molecule has 1 aromatic carbocycles. The predicted molar refractivity (Wildman–Crippen MR) is 165 cm³/mol. The number of rotatable bonds is 10. The molecule has 6 aliphatic carbocycles. The first kappa shape index (κ1) is 31.7. The van der Waals surface area contributed by atoms with Crippen LogP contribution in [0, 0.1) is 28.1 Å².